The van der Waals surface area contributed by atoms with E-state index in [0.717, 1.165) is 23.3 Å². The Hall–Kier alpha value is -2.93. The first-order valence-corrected chi connectivity index (χ1v) is 11.4. The maximum atomic E-state index is 12.5. The molecule has 7 nitrogen and oxygen atoms in total. The van der Waals surface area contributed by atoms with E-state index >= 15 is 0 Å². The van der Waals surface area contributed by atoms with Crippen LogP contribution in [-0.4, -0.2) is 65.0 Å². The van der Waals surface area contributed by atoms with Gasteiger partial charge in [0.1, 0.15) is 11.4 Å². The molecule has 0 spiro atoms. The summed E-state index contributed by atoms with van der Waals surface area (Å²) in [6.45, 7) is 6.77. The van der Waals surface area contributed by atoms with Crippen molar-refractivity contribution in [1.29, 1.82) is 0 Å². The summed E-state index contributed by atoms with van der Waals surface area (Å²) >= 11 is 6.03. The van der Waals surface area contributed by atoms with Crippen molar-refractivity contribution in [3.8, 4) is 5.75 Å². The summed E-state index contributed by atoms with van der Waals surface area (Å²) in [7, 11) is 0. The summed E-state index contributed by atoms with van der Waals surface area (Å²) in [6.07, 6.45) is -0.212. The van der Waals surface area contributed by atoms with Crippen LogP contribution in [0.25, 0.3) is 0 Å². The number of hydrogen-bond donors (Lipinski definition) is 1. The molecule has 33 heavy (non-hydrogen) atoms. The molecule has 2 aromatic carbocycles. The molecule has 1 heterocycles. The zero-order chi connectivity index (χ0) is 24.0. The SMILES string of the molecule is CC(C)(C)OC(=O)N1CCN(C(=O)O)C(Cc2cccc(OCCc3cccc(Cl)c3)c2)C1. The van der Waals surface area contributed by atoms with Gasteiger partial charge in [-0.25, -0.2) is 9.59 Å². The van der Waals surface area contributed by atoms with E-state index in [1.54, 1.807) is 4.90 Å². The standard InChI is InChI=1S/C25H31ClN2O5/c1-25(2,3)33-24(31)27-11-12-28(23(29)30)21(17-27)15-19-7-5-9-22(16-19)32-13-10-18-6-4-8-20(26)14-18/h4-9,14,16,21H,10-13,15,17H2,1-3H3,(H,29,30). The maximum Gasteiger partial charge on any atom is 0.410 e. The molecule has 2 amide bonds. The van der Waals surface area contributed by atoms with Gasteiger partial charge in [-0.15, -0.1) is 0 Å². The van der Waals surface area contributed by atoms with Crippen LogP contribution >= 0.6 is 11.6 Å². The van der Waals surface area contributed by atoms with Gasteiger partial charge >= 0.3 is 12.2 Å². The summed E-state index contributed by atoms with van der Waals surface area (Å²) < 4.78 is 11.4. The molecule has 0 aliphatic carbocycles. The maximum absolute atomic E-state index is 12.5. The van der Waals surface area contributed by atoms with E-state index < -0.39 is 17.8 Å². The lowest BCUT2D eigenvalue weighted by molar-refractivity contribution is 0.00539. The number of benzene rings is 2. The second-order valence-corrected chi connectivity index (χ2v) is 9.57. The van der Waals surface area contributed by atoms with E-state index in [1.807, 2.05) is 69.3 Å². The summed E-state index contributed by atoms with van der Waals surface area (Å²) in [5, 5.41) is 10.4. The van der Waals surface area contributed by atoms with Crippen molar-refractivity contribution in [3.63, 3.8) is 0 Å². The predicted octanol–water partition coefficient (Wildman–Crippen LogP) is 5.10. The molecule has 2 aromatic rings. The Morgan fingerprint density at radius 1 is 1.09 bits per heavy atom. The predicted molar refractivity (Wildman–Crippen MR) is 127 cm³/mol. The smallest absolute Gasteiger partial charge is 0.410 e. The van der Waals surface area contributed by atoms with Gasteiger partial charge in [-0.05, 0) is 62.6 Å². The highest BCUT2D eigenvalue weighted by Gasteiger charge is 2.34. The molecule has 1 unspecified atom stereocenters. The Balaban J connectivity index is 1.62. The molecular formula is C25H31ClN2O5. The van der Waals surface area contributed by atoms with Crippen LogP contribution in [0.4, 0.5) is 9.59 Å². The molecular weight excluding hydrogens is 444 g/mol. The number of hydrogen-bond acceptors (Lipinski definition) is 4. The molecule has 1 aliphatic rings. The van der Waals surface area contributed by atoms with Crippen molar-refractivity contribution < 1.29 is 24.2 Å². The number of carbonyl (C=O) groups is 2. The van der Waals surface area contributed by atoms with E-state index in [4.69, 9.17) is 21.1 Å². The first-order chi connectivity index (χ1) is 15.6. The van der Waals surface area contributed by atoms with Crippen LogP contribution in [0, 0.1) is 0 Å². The minimum absolute atomic E-state index is 0.245. The van der Waals surface area contributed by atoms with E-state index in [1.165, 1.54) is 4.90 Å². The molecule has 1 saturated heterocycles. The van der Waals surface area contributed by atoms with Crippen LogP contribution in [0.1, 0.15) is 31.9 Å². The third-order valence-corrected chi connectivity index (χ3v) is 5.53. The van der Waals surface area contributed by atoms with Gasteiger partial charge in [0.2, 0.25) is 0 Å². The van der Waals surface area contributed by atoms with Gasteiger partial charge in [0, 0.05) is 31.1 Å². The second kappa shape index (κ2) is 10.8. The third-order valence-electron chi connectivity index (χ3n) is 5.30. The summed E-state index contributed by atoms with van der Waals surface area (Å²) in [5.74, 6) is 0.719. The van der Waals surface area contributed by atoms with Crippen LogP contribution in [0.2, 0.25) is 5.02 Å². The van der Waals surface area contributed by atoms with Crippen LogP contribution < -0.4 is 4.74 Å². The zero-order valence-corrected chi connectivity index (χ0v) is 20.0. The summed E-state index contributed by atoms with van der Waals surface area (Å²) in [5.41, 5.74) is 1.44. The van der Waals surface area contributed by atoms with Gasteiger partial charge in [-0.1, -0.05) is 35.9 Å². The van der Waals surface area contributed by atoms with Crippen LogP contribution in [-0.2, 0) is 17.6 Å². The van der Waals surface area contributed by atoms with Crippen molar-refractivity contribution in [3.05, 3.63) is 64.7 Å². The molecule has 8 heteroatoms. The largest absolute Gasteiger partial charge is 0.493 e. The number of ether oxygens (including phenoxy) is 2. The molecule has 178 valence electrons. The average molecular weight is 475 g/mol. The Morgan fingerprint density at radius 2 is 1.82 bits per heavy atom. The van der Waals surface area contributed by atoms with E-state index in [0.29, 0.717) is 24.6 Å². The second-order valence-electron chi connectivity index (χ2n) is 9.14. The molecule has 1 fully saturated rings. The molecule has 3 rings (SSSR count). The zero-order valence-electron chi connectivity index (χ0n) is 19.3. The number of amides is 2. The highest BCUT2D eigenvalue weighted by Crippen LogP contribution is 2.21. The first kappa shape index (κ1) is 24.7. The van der Waals surface area contributed by atoms with Crippen LogP contribution in [0.15, 0.2) is 48.5 Å². The normalized spacial score (nSPS) is 16.4. The Labute approximate surface area is 199 Å². The lowest BCUT2D eigenvalue weighted by Crippen LogP contribution is -2.57. The Bertz CT molecular complexity index is 975. The van der Waals surface area contributed by atoms with Crippen molar-refractivity contribution >= 4 is 23.8 Å². The molecule has 0 bridgehead atoms. The fourth-order valence-electron chi connectivity index (χ4n) is 3.79. The van der Waals surface area contributed by atoms with Crippen molar-refractivity contribution in [1.82, 2.24) is 9.80 Å². The van der Waals surface area contributed by atoms with Gasteiger partial charge in [0.05, 0.1) is 12.6 Å². The fourth-order valence-corrected chi connectivity index (χ4v) is 4.00. The topological polar surface area (TPSA) is 79.3 Å². The summed E-state index contributed by atoms with van der Waals surface area (Å²) in [4.78, 5) is 27.3. The highest BCUT2D eigenvalue weighted by atomic mass is 35.5. The quantitative estimate of drug-likeness (QED) is 0.629. The third kappa shape index (κ3) is 7.56. The minimum atomic E-state index is -0.988. The fraction of sp³-hybridized carbons (Fsp3) is 0.440. The monoisotopic (exact) mass is 474 g/mol. The average Bonchev–Trinajstić information content (AvgIpc) is 2.73. The molecule has 1 N–H and O–H groups in total. The highest BCUT2D eigenvalue weighted by molar-refractivity contribution is 6.30. The van der Waals surface area contributed by atoms with Gasteiger partial charge < -0.3 is 24.4 Å². The van der Waals surface area contributed by atoms with Crippen LogP contribution in [0.3, 0.4) is 0 Å². The van der Waals surface area contributed by atoms with Gasteiger partial charge in [0.15, 0.2) is 0 Å². The number of carbonyl (C=O) groups excluding carboxylic acids is 1. The number of carboxylic acid groups (broad SMARTS) is 1. The lowest BCUT2D eigenvalue weighted by Gasteiger charge is -2.40. The van der Waals surface area contributed by atoms with Crippen molar-refractivity contribution in [2.75, 3.05) is 26.2 Å². The number of halogens is 1. The lowest BCUT2D eigenvalue weighted by atomic mass is 10.0. The number of nitrogens with zero attached hydrogens (tertiary/aromatic N) is 2. The van der Waals surface area contributed by atoms with Gasteiger partial charge in [0.25, 0.3) is 0 Å². The van der Waals surface area contributed by atoms with Crippen molar-refractivity contribution in [2.24, 2.45) is 0 Å². The molecule has 0 aromatic heterocycles. The first-order valence-electron chi connectivity index (χ1n) is 11.0. The summed E-state index contributed by atoms with van der Waals surface area (Å²) in [6, 6.07) is 14.9. The number of rotatable bonds is 6. The van der Waals surface area contributed by atoms with E-state index in [2.05, 4.69) is 0 Å². The molecule has 0 radical (unpaired) electrons. The molecule has 1 aliphatic heterocycles. The van der Waals surface area contributed by atoms with Gasteiger partial charge in [-0.2, -0.15) is 0 Å². The van der Waals surface area contributed by atoms with Crippen LogP contribution in [0.5, 0.6) is 5.75 Å². The number of piperazine rings is 1. The minimum Gasteiger partial charge on any atom is -0.493 e. The Kier molecular flexibility index (Phi) is 8.08. The van der Waals surface area contributed by atoms with E-state index in [9.17, 15) is 14.7 Å². The Morgan fingerprint density at radius 3 is 2.52 bits per heavy atom. The molecule has 0 saturated carbocycles. The van der Waals surface area contributed by atoms with E-state index in [-0.39, 0.29) is 19.1 Å². The van der Waals surface area contributed by atoms with Gasteiger partial charge in [-0.3, -0.25) is 0 Å². The molecule has 1 atom stereocenters. The van der Waals surface area contributed by atoms with Crippen molar-refractivity contribution in [2.45, 2.75) is 45.3 Å².